The topological polar surface area (TPSA) is 69.4 Å². The third kappa shape index (κ3) is 5.88. The Labute approximate surface area is 160 Å². The number of benzene rings is 1. The Kier molecular flexibility index (Phi) is 6.67. The Balaban J connectivity index is 1.94. The summed E-state index contributed by atoms with van der Waals surface area (Å²) < 4.78 is 16.6. The maximum atomic E-state index is 12.1. The summed E-state index contributed by atoms with van der Waals surface area (Å²) in [5.74, 6) is 0.716. The SMILES string of the molecule is [C-]#[N+]CC(=O)c1ccc(OC2CCN(C(=O)OC(C)(C)C)CC2)cc1OC. The summed E-state index contributed by atoms with van der Waals surface area (Å²) in [6.45, 7) is 13.3. The predicted molar refractivity (Wildman–Crippen MR) is 100 cm³/mol. The zero-order valence-electron chi connectivity index (χ0n) is 16.3. The van der Waals surface area contributed by atoms with Crippen molar-refractivity contribution < 1.29 is 23.8 Å². The van der Waals surface area contributed by atoms with Crippen molar-refractivity contribution in [1.29, 1.82) is 0 Å². The molecule has 0 unspecified atom stereocenters. The zero-order valence-corrected chi connectivity index (χ0v) is 16.3. The highest BCUT2D eigenvalue weighted by Gasteiger charge is 2.28. The smallest absolute Gasteiger partial charge is 0.410 e. The van der Waals surface area contributed by atoms with Crippen LogP contribution in [0.15, 0.2) is 18.2 Å². The number of likely N-dealkylation sites (tertiary alicyclic amines) is 1. The molecule has 1 aromatic carbocycles. The van der Waals surface area contributed by atoms with Gasteiger partial charge in [-0.05, 0) is 32.9 Å². The van der Waals surface area contributed by atoms with Gasteiger partial charge in [0.1, 0.15) is 23.2 Å². The molecule has 1 heterocycles. The van der Waals surface area contributed by atoms with Crippen molar-refractivity contribution in [3.63, 3.8) is 0 Å². The molecule has 1 aliphatic heterocycles. The van der Waals surface area contributed by atoms with Crippen molar-refractivity contribution in [3.05, 3.63) is 35.2 Å². The lowest BCUT2D eigenvalue weighted by molar-refractivity contribution is 0.0126. The number of hydrogen-bond donors (Lipinski definition) is 0. The second-order valence-corrected chi connectivity index (χ2v) is 7.39. The molecule has 7 heteroatoms. The first-order chi connectivity index (χ1) is 12.7. The fourth-order valence-corrected chi connectivity index (χ4v) is 2.81. The van der Waals surface area contributed by atoms with Crippen LogP contribution in [0.2, 0.25) is 0 Å². The Morgan fingerprint density at radius 1 is 1.26 bits per heavy atom. The average molecular weight is 374 g/mol. The van der Waals surface area contributed by atoms with Gasteiger partial charge in [-0.15, -0.1) is 0 Å². The van der Waals surface area contributed by atoms with E-state index >= 15 is 0 Å². The molecule has 0 spiro atoms. The van der Waals surface area contributed by atoms with E-state index in [1.165, 1.54) is 7.11 Å². The number of nitrogens with zero attached hydrogens (tertiary/aromatic N) is 2. The minimum atomic E-state index is -0.507. The molecule has 0 aliphatic carbocycles. The number of rotatable bonds is 5. The van der Waals surface area contributed by atoms with Gasteiger partial charge in [0.05, 0.1) is 12.7 Å². The van der Waals surface area contributed by atoms with E-state index in [1.54, 1.807) is 23.1 Å². The number of carbonyl (C=O) groups excluding carboxylic acids is 2. The molecule has 1 saturated heterocycles. The van der Waals surface area contributed by atoms with Gasteiger partial charge in [-0.3, -0.25) is 4.79 Å². The summed E-state index contributed by atoms with van der Waals surface area (Å²) in [7, 11) is 1.48. The molecule has 146 valence electrons. The van der Waals surface area contributed by atoms with E-state index in [-0.39, 0.29) is 24.5 Å². The minimum Gasteiger partial charge on any atom is -0.496 e. The Hall–Kier alpha value is -2.75. The lowest BCUT2D eigenvalue weighted by Crippen LogP contribution is -2.44. The predicted octanol–water partition coefficient (Wildman–Crippen LogP) is 3.58. The second-order valence-electron chi connectivity index (χ2n) is 7.39. The highest BCUT2D eigenvalue weighted by Crippen LogP contribution is 2.28. The van der Waals surface area contributed by atoms with E-state index in [2.05, 4.69) is 4.85 Å². The van der Waals surface area contributed by atoms with Gasteiger partial charge in [0.25, 0.3) is 6.54 Å². The number of amides is 1. The summed E-state index contributed by atoms with van der Waals surface area (Å²) in [6, 6.07) is 4.99. The first kappa shape index (κ1) is 20.6. The van der Waals surface area contributed by atoms with Gasteiger partial charge in [0, 0.05) is 32.0 Å². The van der Waals surface area contributed by atoms with Gasteiger partial charge in [-0.2, -0.15) is 0 Å². The van der Waals surface area contributed by atoms with Crippen LogP contribution in [-0.4, -0.2) is 55.2 Å². The van der Waals surface area contributed by atoms with Crippen LogP contribution in [0, 0.1) is 6.57 Å². The monoisotopic (exact) mass is 374 g/mol. The van der Waals surface area contributed by atoms with E-state index in [4.69, 9.17) is 20.8 Å². The van der Waals surface area contributed by atoms with Crippen LogP contribution < -0.4 is 9.47 Å². The van der Waals surface area contributed by atoms with Gasteiger partial charge in [0.2, 0.25) is 5.78 Å². The normalized spacial score (nSPS) is 15.0. The van der Waals surface area contributed by atoms with Crippen LogP contribution >= 0.6 is 0 Å². The summed E-state index contributed by atoms with van der Waals surface area (Å²) in [5.41, 5.74) is -0.131. The fraction of sp³-hybridized carbons (Fsp3) is 0.550. The van der Waals surface area contributed by atoms with Crippen LogP contribution in [-0.2, 0) is 4.74 Å². The Morgan fingerprint density at radius 2 is 1.93 bits per heavy atom. The van der Waals surface area contributed by atoms with Crippen molar-refractivity contribution in [2.75, 3.05) is 26.7 Å². The third-order valence-corrected chi connectivity index (χ3v) is 4.09. The average Bonchev–Trinajstić information content (AvgIpc) is 2.61. The molecule has 0 bridgehead atoms. The van der Waals surface area contributed by atoms with E-state index in [0.29, 0.717) is 43.0 Å². The molecule has 7 nitrogen and oxygen atoms in total. The van der Waals surface area contributed by atoms with Crippen LogP contribution in [0.25, 0.3) is 4.85 Å². The van der Waals surface area contributed by atoms with Gasteiger partial charge < -0.3 is 24.0 Å². The molecular weight excluding hydrogens is 348 g/mol. The highest BCUT2D eigenvalue weighted by molar-refractivity contribution is 6.01. The van der Waals surface area contributed by atoms with Crippen LogP contribution in [0.5, 0.6) is 11.5 Å². The molecular formula is C20H26N2O5. The van der Waals surface area contributed by atoms with Crippen molar-refractivity contribution in [3.8, 4) is 11.5 Å². The van der Waals surface area contributed by atoms with Crippen molar-refractivity contribution >= 4 is 11.9 Å². The maximum absolute atomic E-state index is 12.1. The van der Waals surface area contributed by atoms with E-state index < -0.39 is 5.60 Å². The lowest BCUT2D eigenvalue weighted by Gasteiger charge is -2.33. The first-order valence-corrected chi connectivity index (χ1v) is 8.92. The van der Waals surface area contributed by atoms with Crippen LogP contribution in [0.1, 0.15) is 44.0 Å². The molecule has 2 rings (SSSR count). The second kappa shape index (κ2) is 8.76. The van der Waals surface area contributed by atoms with Gasteiger partial charge >= 0.3 is 6.09 Å². The molecule has 1 aliphatic rings. The summed E-state index contributed by atoms with van der Waals surface area (Å²) in [5, 5.41) is 0. The van der Waals surface area contributed by atoms with Crippen molar-refractivity contribution in [2.45, 2.75) is 45.3 Å². The quantitative estimate of drug-likeness (QED) is 0.582. The molecule has 0 N–H and O–H groups in total. The molecule has 1 fully saturated rings. The Morgan fingerprint density at radius 3 is 2.48 bits per heavy atom. The number of piperidine rings is 1. The van der Waals surface area contributed by atoms with Gasteiger partial charge in [0.15, 0.2) is 0 Å². The first-order valence-electron chi connectivity index (χ1n) is 8.92. The van der Waals surface area contributed by atoms with E-state index in [0.717, 1.165) is 0 Å². The Bertz CT molecular complexity index is 725. The molecule has 0 saturated carbocycles. The molecule has 27 heavy (non-hydrogen) atoms. The van der Waals surface area contributed by atoms with Gasteiger partial charge in [-0.1, -0.05) is 0 Å². The highest BCUT2D eigenvalue weighted by atomic mass is 16.6. The van der Waals surface area contributed by atoms with Crippen molar-refractivity contribution in [2.24, 2.45) is 0 Å². The summed E-state index contributed by atoms with van der Waals surface area (Å²) >= 11 is 0. The number of hydrogen-bond acceptors (Lipinski definition) is 5. The number of ether oxygens (including phenoxy) is 3. The summed E-state index contributed by atoms with van der Waals surface area (Å²) in [6.07, 6.45) is 1.06. The molecule has 1 amide bonds. The minimum absolute atomic E-state index is 0.0295. The largest absolute Gasteiger partial charge is 0.496 e. The fourth-order valence-electron chi connectivity index (χ4n) is 2.81. The zero-order chi connectivity index (χ0) is 20.0. The van der Waals surface area contributed by atoms with Gasteiger partial charge in [-0.25, -0.2) is 11.4 Å². The number of ketones is 1. The number of methoxy groups -OCH3 is 1. The molecule has 1 aromatic rings. The number of carbonyl (C=O) groups is 2. The van der Waals surface area contributed by atoms with Crippen LogP contribution in [0.3, 0.4) is 0 Å². The maximum Gasteiger partial charge on any atom is 0.410 e. The van der Waals surface area contributed by atoms with Crippen molar-refractivity contribution in [1.82, 2.24) is 4.90 Å². The van der Waals surface area contributed by atoms with E-state index in [9.17, 15) is 9.59 Å². The van der Waals surface area contributed by atoms with E-state index in [1.807, 2.05) is 20.8 Å². The lowest BCUT2D eigenvalue weighted by atomic mass is 10.1. The van der Waals surface area contributed by atoms with Crippen LogP contribution in [0.4, 0.5) is 4.79 Å². The third-order valence-electron chi connectivity index (χ3n) is 4.09. The summed E-state index contributed by atoms with van der Waals surface area (Å²) in [4.78, 5) is 28.9. The number of Topliss-reactive ketones (excluding diaryl/α,β-unsaturated/α-hetero) is 1. The molecule has 0 radical (unpaired) electrons. The molecule has 0 aromatic heterocycles. The molecule has 0 atom stereocenters. The standard InChI is InChI=1S/C20H26N2O5/c1-20(2,3)27-19(24)22-10-8-14(9-11-22)26-15-6-7-16(17(23)13-21-4)18(12-15)25-5/h6-7,12,14H,8-11,13H2,1-3,5H3.